The molecule has 0 N–H and O–H groups in total. The summed E-state index contributed by atoms with van der Waals surface area (Å²) in [5, 5.41) is 3.29. The van der Waals surface area contributed by atoms with Crippen molar-refractivity contribution < 1.29 is 0 Å². The summed E-state index contributed by atoms with van der Waals surface area (Å²) in [4.78, 5) is 4.11. The molecule has 1 saturated heterocycles. The second-order valence-electron chi connectivity index (χ2n) is 4.36. The van der Waals surface area contributed by atoms with Crippen LogP contribution >= 0.6 is 43.2 Å². The zero-order chi connectivity index (χ0) is 11.4. The molecule has 1 nitrogen and oxygen atoms in total. The molecule has 0 aromatic carbocycles. The van der Waals surface area contributed by atoms with Gasteiger partial charge in [-0.05, 0) is 41.4 Å². The largest absolute Gasteiger partial charge is 0.294 e. The van der Waals surface area contributed by atoms with Gasteiger partial charge in [-0.1, -0.05) is 28.8 Å². The predicted molar refractivity (Wildman–Crippen MR) is 78.5 cm³/mol. The minimum absolute atomic E-state index is 0.725. The molecule has 0 saturated carbocycles. The van der Waals surface area contributed by atoms with Gasteiger partial charge in [0, 0.05) is 32.6 Å². The first-order chi connectivity index (χ1) is 7.79. The quantitative estimate of drug-likeness (QED) is 0.703. The fourth-order valence-corrected chi connectivity index (χ4v) is 4.47. The summed E-state index contributed by atoms with van der Waals surface area (Å²) in [6.07, 6.45) is 5.49. The second kappa shape index (κ2) is 6.53. The van der Waals surface area contributed by atoms with Gasteiger partial charge in [-0.15, -0.1) is 11.3 Å². The van der Waals surface area contributed by atoms with Crippen LogP contribution in [-0.4, -0.2) is 22.8 Å². The monoisotopic (exact) mass is 365 g/mol. The number of hydrogen-bond acceptors (Lipinski definition) is 2. The molecule has 0 bridgehead atoms. The van der Waals surface area contributed by atoms with E-state index in [2.05, 4.69) is 48.2 Å². The van der Waals surface area contributed by atoms with E-state index in [1.54, 1.807) is 0 Å². The lowest BCUT2D eigenvalue weighted by Gasteiger charge is -2.27. The Morgan fingerprint density at radius 2 is 2.25 bits per heavy atom. The molecule has 0 amide bonds. The van der Waals surface area contributed by atoms with Gasteiger partial charge in [0.1, 0.15) is 0 Å². The summed E-state index contributed by atoms with van der Waals surface area (Å²) in [7, 11) is 0. The van der Waals surface area contributed by atoms with Crippen molar-refractivity contribution in [2.75, 3.05) is 11.9 Å². The fraction of sp³-hybridized carbons (Fsp3) is 0.667. The van der Waals surface area contributed by atoms with E-state index >= 15 is 0 Å². The van der Waals surface area contributed by atoms with Gasteiger partial charge in [-0.2, -0.15) is 0 Å². The van der Waals surface area contributed by atoms with Crippen LogP contribution in [0.4, 0.5) is 0 Å². The zero-order valence-electron chi connectivity index (χ0n) is 9.29. The van der Waals surface area contributed by atoms with Gasteiger partial charge in [0.15, 0.2) is 0 Å². The molecule has 1 aliphatic heterocycles. The van der Waals surface area contributed by atoms with Gasteiger partial charge in [0.25, 0.3) is 0 Å². The Labute approximate surface area is 118 Å². The molecule has 1 aromatic heterocycles. The SMILES string of the molecule is BrCC1CCCCCN1Cc1cc(Br)cs1. The summed E-state index contributed by atoms with van der Waals surface area (Å²) in [5.41, 5.74) is 0. The number of halogens is 2. The van der Waals surface area contributed by atoms with Crippen LogP contribution in [0.15, 0.2) is 15.9 Å². The van der Waals surface area contributed by atoms with Crippen LogP contribution in [0.5, 0.6) is 0 Å². The first kappa shape index (κ1) is 13.1. The van der Waals surface area contributed by atoms with E-state index < -0.39 is 0 Å². The van der Waals surface area contributed by atoms with Crippen LogP contribution in [0.1, 0.15) is 30.6 Å². The minimum Gasteiger partial charge on any atom is -0.294 e. The molecule has 0 radical (unpaired) electrons. The van der Waals surface area contributed by atoms with Crippen LogP contribution < -0.4 is 0 Å². The Hall–Kier alpha value is 0.620. The summed E-state index contributed by atoms with van der Waals surface area (Å²) in [6, 6.07) is 2.98. The van der Waals surface area contributed by atoms with Gasteiger partial charge >= 0.3 is 0 Å². The highest BCUT2D eigenvalue weighted by Crippen LogP contribution is 2.25. The highest BCUT2D eigenvalue weighted by molar-refractivity contribution is 9.10. The number of hydrogen-bond donors (Lipinski definition) is 0. The van der Waals surface area contributed by atoms with Crippen molar-refractivity contribution in [2.45, 2.75) is 38.3 Å². The smallest absolute Gasteiger partial charge is 0.0331 e. The van der Waals surface area contributed by atoms with Crippen molar-refractivity contribution in [1.29, 1.82) is 0 Å². The minimum atomic E-state index is 0.725. The Balaban J connectivity index is 1.99. The van der Waals surface area contributed by atoms with Crippen molar-refractivity contribution in [3.63, 3.8) is 0 Å². The van der Waals surface area contributed by atoms with Crippen LogP contribution in [0.3, 0.4) is 0 Å². The normalized spacial score (nSPS) is 23.2. The number of rotatable bonds is 3. The molecule has 90 valence electrons. The van der Waals surface area contributed by atoms with Crippen LogP contribution in [-0.2, 0) is 6.54 Å². The molecule has 1 aromatic rings. The Kier molecular flexibility index (Phi) is 5.33. The molecular weight excluding hydrogens is 350 g/mol. The van der Waals surface area contributed by atoms with Crippen molar-refractivity contribution >= 4 is 43.2 Å². The van der Waals surface area contributed by atoms with Crippen LogP contribution in [0.2, 0.25) is 0 Å². The highest BCUT2D eigenvalue weighted by Gasteiger charge is 2.20. The number of nitrogens with zero attached hydrogens (tertiary/aromatic N) is 1. The molecule has 1 atom stereocenters. The third kappa shape index (κ3) is 3.56. The second-order valence-corrected chi connectivity index (χ2v) is 6.92. The summed E-state index contributed by atoms with van der Waals surface area (Å²) in [5.74, 6) is 0. The average molecular weight is 367 g/mol. The first-order valence-electron chi connectivity index (χ1n) is 5.82. The van der Waals surface area contributed by atoms with Gasteiger partial charge in [0.2, 0.25) is 0 Å². The number of alkyl halides is 1. The number of likely N-dealkylation sites (tertiary alicyclic amines) is 1. The van der Waals surface area contributed by atoms with Crippen molar-refractivity contribution in [3.05, 3.63) is 20.8 Å². The van der Waals surface area contributed by atoms with E-state index in [0.717, 1.165) is 17.9 Å². The summed E-state index contributed by atoms with van der Waals surface area (Å²) < 4.78 is 1.22. The Morgan fingerprint density at radius 1 is 1.38 bits per heavy atom. The highest BCUT2D eigenvalue weighted by atomic mass is 79.9. The van der Waals surface area contributed by atoms with E-state index in [1.807, 2.05) is 11.3 Å². The predicted octanol–water partition coefficient (Wildman–Crippen LogP) is 4.65. The first-order valence-corrected chi connectivity index (χ1v) is 8.62. The molecule has 1 aliphatic rings. The molecule has 16 heavy (non-hydrogen) atoms. The van der Waals surface area contributed by atoms with Crippen molar-refractivity contribution in [1.82, 2.24) is 4.90 Å². The average Bonchev–Trinajstić information content (AvgIpc) is 2.56. The van der Waals surface area contributed by atoms with Gasteiger partial charge < -0.3 is 0 Å². The van der Waals surface area contributed by atoms with Gasteiger partial charge in [0.05, 0.1) is 0 Å². The molecule has 4 heteroatoms. The standard InChI is InChI=1S/C12H17Br2NS/c13-7-11-4-2-1-3-5-15(11)8-12-6-10(14)9-16-12/h6,9,11H,1-5,7-8H2. The van der Waals surface area contributed by atoms with E-state index in [1.165, 1.54) is 41.6 Å². The van der Waals surface area contributed by atoms with E-state index in [4.69, 9.17) is 0 Å². The molecule has 0 aliphatic carbocycles. The maximum atomic E-state index is 3.66. The fourth-order valence-electron chi connectivity index (χ4n) is 2.26. The zero-order valence-corrected chi connectivity index (χ0v) is 13.3. The Bertz CT molecular complexity index is 327. The maximum absolute atomic E-state index is 3.66. The van der Waals surface area contributed by atoms with Gasteiger partial charge in [-0.25, -0.2) is 0 Å². The van der Waals surface area contributed by atoms with Crippen LogP contribution in [0, 0.1) is 0 Å². The van der Waals surface area contributed by atoms with Crippen molar-refractivity contribution in [3.8, 4) is 0 Å². The molecular formula is C12H17Br2NS. The topological polar surface area (TPSA) is 3.24 Å². The third-order valence-electron chi connectivity index (χ3n) is 3.16. The van der Waals surface area contributed by atoms with Crippen molar-refractivity contribution in [2.24, 2.45) is 0 Å². The number of thiophene rings is 1. The lowest BCUT2D eigenvalue weighted by atomic mass is 10.1. The van der Waals surface area contributed by atoms with E-state index in [0.29, 0.717) is 0 Å². The molecule has 0 spiro atoms. The third-order valence-corrected chi connectivity index (χ3v) is 5.59. The molecule has 1 fully saturated rings. The summed E-state index contributed by atoms with van der Waals surface area (Å²) in [6.45, 7) is 2.37. The summed E-state index contributed by atoms with van der Waals surface area (Å²) >= 11 is 9.04. The van der Waals surface area contributed by atoms with E-state index in [-0.39, 0.29) is 0 Å². The lowest BCUT2D eigenvalue weighted by Crippen LogP contribution is -2.35. The van der Waals surface area contributed by atoms with Crippen LogP contribution in [0.25, 0.3) is 0 Å². The molecule has 2 rings (SSSR count). The lowest BCUT2D eigenvalue weighted by molar-refractivity contribution is 0.211. The Morgan fingerprint density at radius 3 is 2.94 bits per heavy atom. The molecule has 1 unspecified atom stereocenters. The maximum Gasteiger partial charge on any atom is 0.0331 e. The van der Waals surface area contributed by atoms with Gasteiger partial charge in [-0.3, -0.25) is 4.90 Å². The molecule has 2 heterocycles. The van der Waals surface area contributed by atoms with E-state index in [9.17, 15) is 0 Å².